The Morgan fingerprint density at radius 2 is 1.51 bits per heavy atom. The van der Waals surface area contributed by atoms with Crippen molar-refractivity contribution in [1.29, 1.82) is 0 Å². The van der Waals surface area contributed by atoms with Gasteiger partial charge in [0.1, 0.15) is 12.2 Å². The molecule has 1 aliphatic heterocycles. The highest BCUT2D eigenvalue weighted by molar-refractivity contribution is 14.1. The first-order valence-electron chi connectivity index (χ1n) is 14.0. The first-order valence-corrected chi connectivity index (χ1v) is 15.4. The van der Waals surface area contributed by atoms with Gasteiger partial charge in [0.05, 0.1) is 22.1 Å². The number of fused-ring (bicyclic) bond motifs is 1. The number of carbonyl (C=O) groups is 3. The number of imide groups is 2. The van der Waals surface area contributed by atoms with Gasteiger partial charge in [-0.2, -0.15) is 0 Å². The number of rotatable bonds is 7. The van der Waals surface area contributed by atoms with E-state index in [4.69, 9.17) is 21.1 Å². The minimum absolute atomic E-state index is 0.175. The molecule has 4 amide bonds. The Morgan fingerprint density at radius 1 is 0.822 bits per heavy atom. The number of anilines is 2. The third-order valence-corrected chi connectivity index (χ3v) is 8.61. The minimum Gasteiger partial charge on any atom is -0.493 e. The first-order chi connectivity index (χ1) is 21.8. The van der Waals surface area contributed by atoms with Crippen LogP contribution in [0.3, 0.4) is 0 Å². The summed E-state index contributed by atoms with van der Waals surface area (Å²) in [6.07, 6.45) is 1.49. The number of nitrogens with zero attached hydrogens (tertiary/aromatic N) is 2. The third-order valence-electron chi connectivity index (χ3n) is 7.44. The second kappa shape index (κ2) is 12.7. The van der Waals surface area contributed by atoms with E-state index < -0.39 is 17.8 Å². The van der Waals surface area contributed by atoms with Gasteiger partial charge in [-0.3, -0.25) is 9.59 Å². The van der Waals surface area contributed by atoms with E-state index >= 15 is 0 Å². The molecule has 45 heavy (non-hydrogen) atoms. The van der Waals surface area contributed by atoms with Gasteiger partial charge >= 0.3 is 6.03 Å². The van der Waals surface area contributed by atoms with Crippen LogP contribution in [0.2, 0.25) is 5.02 Å². The molecule has 0 N–H and O–H groups in total. The quantitative estimate of drug-likeness (QED) is 0.0954. The fourth-order valence-corrected chi connectivity index (χ4v) is 6.13. The van der Waals surface area contributed by atoms with Crippen LogP contribution < -0.4 is 19.3 Å². The molecular formula is C36H26ClIN2O5. The molecule has 0 spiro atoms. The number of aryl methyl sites for hydroxylation is 1. The number of hydrogen-bond donors (Lipinski definition) is 0. The molecule has 224 valence electrons. The first kappa shape index (κ1) is 30.4. The summed E-state index contributed by atoms with van der Waals surface area (Å²) in [6.45, 7) is 2.13. The average Bonchev–Trinajstić information content (AvgIpc) is 3.04. The minimum atomic E-state index is -0.752. The predicted molar refractivity (Wildman–Crippen MR) is 185 cm³/mol. The Labute approximate surface area is 278 Å². The predicted octanol–water partition coefficient (Wildman–Crippen LogP) is 8.58. The molecule has 0 saturated carbocycles. The normalized spacial score (nSPS) is 14.4. The summed E-state index contributed by atoms with van der Waals surface area (Å²) in [7, 11) is 1.52. The summed E-state index contributed by atoms with van der Waals surface area (Å²) in [5.41, 5.74) is 2.87. The maximum atomic E-state index is 14.1. The van der Waals surface area contributed by atoms with Crippen LogP contribution in [0.15, 0.2) is 109 Å². The van der Waals surface area contributed by atoms with Crippen LogP contribution in [0.4, 0.5) is 16.2 Å². The number of ether oxygens (including phenoxy) is 2. The van der Waals surface area contributed by atoms with E-state index in [1.807, 2.05) is 67.6 Å². The molecule has 5 aromatic carbocycles. The van der Waals surface area contributed by atoms with Gasteiger partial charge in [0, 0.05) is 16.0 Å². The lowest BCUT2D eigenvalue weighted by Crippen LogP contribution is -2.57. The lowest BCUT2D eigenvalue weighted by molar-refractivity contribution is -0.121. The van der Waals surface area contributed by atoms with Crippen molar-refractivity contribution >= 4 is 80.3 Å². The smallest absolute Gasteiger partial charge is 0.343 e. The van der Waals surface area contributed by atoms with E-state index in [2.05, 4.69) is 22.6 Å². The molecule has 0 aliphatic carbocycles. The number of urea groups is 1. The topological polar surface area (TPSA) is 76.2 Å². The van der Waals surface area contributed by atoms with Crippen LogP contribution in [-0.2, 0) is 16.2 Å². The van der Waals surface area contributed by atoms with Crippen molar-refractivity contribution in [2.24, 2.45) is 0 Å². The van der Waals surface area contributed by atoms with Crippen LogP contribution in [0.25, 0.3) is 16.8 Å². The van der Waals surface area contributed by atoms with Crippen LogP contribution in [0.1, 0.15) is 16.7 Å². The van der Waals surface area contributed by atoms with Crippen molar-refractivity contribution in [2.75, 3.05) is 16.9 Å². The van der Waals surface area contributed by atoms with E-state index in [9.17, 15) is 14.4 Å². The van der Waals surface area contributed by atoms with Crippen molar-refractivity contribution in [1.82, 2.24) is 0 Å². The van der Waals surface area contributed by atoms with E-state index in [1.165, 1.54) is 13.2 Å². The number of benzene rings is 5. The van der Waals surface area contributed by atoms with Crippen LogP contribution in [-0.4, -0.2) is 25.0 Å². The number of amides is 4. The Bertz CT molecular complexity index is 2000. The zero-order chi connectivity index (χ0) is 31.7. The number of methoxy groups -OCH3 is 1. The summed E-state index contributed by atoms with van der Waals surface area (Å²) in [5, 5.41) is 2.15. The maximum absolute atomic E-state index is 14.1. The number of hydrogen-bond acceptors (Lipinski definition) is 5. The van der Waals surface area contributed by atoms with Crippen molar-refractivity contribution in [3.05, 3.63) is 134 Å². The van der Waals surface area contributed by atoms with Gasteiger partial charge in [-0.25, -0.2) is 14.6 Å². The molecule has 1 fully saturated rings. The lowest BCUT2D eigenvalue weighted by atomic mass is 10.0. The summed E-state index contributed by atoms with van der Waals surface area (Å²) in [6, 6.07) is 30.0. The fraction of sp³-hybridized carbons (Fsp3) is 0.0833. The zero-order valence-corrected chi connectivity index (χ0v) is 27.2. The van der Waals surface area contributed by atoms with Gasteiger partial charge in [0.2, 0.25) is 0 Å². The van der Waals surface area contributed by atoms with E-state index in [0.29, 0.717) is 42.4 Å². The summed E-state index contributed by atoms with van der Waals surface area (Å²) < 4.78 is 12.4. The maximum Gasteiger partial charge on any atom is 0.343 e. The molecule has 1 saturated heterocycles. The molecule has 9 heteroatoms. The zero-order valence-electron chi connectivity index (χ0n) is 24.3. The number of halogens is 2. The highest BCUT2D eigenvalue weighted by Crippen LogP contribution is 2.38. The van der Waals surface area contributed by atoms with Crippen LogP contribution in [0, 0.1) is 10.5 Å². The van der Waals surface area contributed by atoms with Gasteiger partial charge in [0.25, 0.3) is 11.8 Å². The van der Waals surface area contributed by atoms with E-state index in [0.717, 1.165) is 26.3 Å². The fourth-order valence-electron chi connectivity index (χ4n) is 5.16. The molecule has 1 heterocycles. The average molecular weight is 729 g/mol. The molecule has 6 rings (SSSR count). The molecule has 5 aromatic rings. The molecule has 0 aromatic heterocycles. The van der Waals surface area contributed by atoms with Gasteiger partial charge in [0.15, 0.2) is 11.5 Å². The number of carbonyl (C=O) groups excluding carboxylic acids is 3. The second-order valence-electron chi connectivity index (χ2n) is 10.4. The van der Waals surface area contributed by atoms with Crippen molar-refractivity contribution in [3.63, 3.8) is 0 Å². The molecular weight excluding hydrogens is 703 g/mol. The standard InChI is InChI=1S/C36H26ClIN2O5/c1-22-14-16-26(17-15-22)39-34(41)28(35(42)40(36(39)43)31-13-7-10-24-8-3-5-11-27(24)31)18-23-19-30(38)33(32(20-23)44-2)45-21-25-9-4-6-12-29(25)37/h3-20H,21H2,1-2H3/b28-18+. The second-order valence-corrected chi connectivity index (χ2v) is 11.9. The lowest BCUT2D eigenvalue weighted by Gasteiger charge is -2.34. The molecule has 0 atom stereocenters. The monoisotopic (exact) mass is 728 g/mol. The molecule has 7 nitrogen and oxygen atoms in total. The van der Waals surface area contributed by atoms with Gasteiger partial charge in [-0.15, -0.1) is 0 Å². The van der Waals surface area contributed by atoms with E-state index in [1.54, 1.807) is 42.5 Å². The van der Waals surface area contributed by atoms with Crippen LogP contribution >= 0.6 is 34.2 Å². The number of barbiturate groups is 1. The Kier molecular flexibility index (Phi) is 8.60. The van der Waals surface area contributed by atoms with Crippen molar-refractivity contribution < 1.29 is 23.9 Å². The molecule has 0 radical (unpaired) electrons. The van der Waals surface area contributed by atoms with Gasteiger partial charge in [-0.1, -0.05) is 83.9 Å². The van der Waals surface area contributed by atoms with Crippen LogP contribution in [0.5, 0.6) is 11.5 Å². The summed E-state index contributed by atoms with van der Waals surface area (Å²) in [4.78, 5) is 44.3. The SMILES string of the molecule is COc1cc(/C=C2\C(=O)N(c3ccc(C)cc3)C(=O)N(c3cccc4ccccc34)C2=O)cc(I)c1OCc1ccccc1Cl. The molecule has 0 unspecified atom stereocenters. The Balaban J connectivity index is 1.44. The summed E-state index contributed by atoms with van der Waals surface area (Å²) >= 11 is 8.43. The Hall–Kier alpha value is -4.67. The third kappa shape index (κ3) is 5.91. The van der Waals surface area contributed by atoms with Crippen molar-refractivity contribution in [3.8, 4) is 11.5 Å². The summed E-state index contributed by atoms with van der Waals surface area (Å²) in [5.74, 6) is -0.541. The Morgan fingerprint density at radius 3 is 2.27 bits per heavy atom. The van der Waals surface area contributed by atoms with Crippen molar-refractivity contribution in [2.45, 2.75) is 13.5 Å². The van der Waals surface area contributed by atoms with Gasteiger partial charge in [-0.05, 0) is 82.9 Å². The highest BCUT2D eigenvalue weighted by atomic mass is 127. The van der Waals surface area contributed by atoms with Gasteiger partial charge < -0.3 is 9.47 Å². The largest absolute Gasteiger partial charge is 0.493 e. The molecule has 1 aliphatic rings. The van der Waals surface area contributed by atoms with E-state index in [-0.39, 0.29) is 12.2 Å². The molecule has 0 bridgehead atoms. The highest BCUT2D eigenvalue weighted by Gasteiger charge is 2.44.